The minimum absolute atomic E-state index is 0.168. The molecule has 9 heteroatoms. The SMILES string of the molecule is COC(=O)C1CCN(C(=O)COC(=O)c2ccccc2CSC2=NCCS2)CC1. The molecule has 2 aliphatic heterocycles. The minimum atomic E-state index is -0.500. The van der Waals surface area contributed by atoms with Gasteiger partial charge in [0.1, 0.15) is 4.38 Å². The summed E-state index contributed by atoms with van der Waals surface area (Å²) in [5.41, 5.74) is 1.34. The lowest BCUT2D eigenvalue weighted by Gasteiger charge is -2.30. The highest BCUT2D eigenvalue weighted by Gasteiger charge is 2.28. The monoisotopic (exact) mass is 436 g/mol. The first-order chi connectivity index (χ1) is 14.1. The summed E-state index contributed by atoms with van der Waals surface area (Å²) in [7, 11) is 1.37. The molecule has 0 N–H and O–H groups in total. The molecule has 0 atom stereocenters. The van der Waals surface area contributed by atoms with E-state index in [0.29, 0.717) is 37.2 Å². The van der Waals surface area contributed by atoms with Gasteiger partial charge in [-0.25, -0.2) is 4.79 Å². The van der Waals surface area contributed by atoms with Crippen LogP contribution in [-0.4, -0.2) is 66.2 Å². The van der Waals surface area contributed by atoms with Gasteiger partial charge in [-0.3, -0.25) is 14.6 Å². The van der Waals surface area contributed by atoms with Crippen molar-refractivity contribution in [1.29, 1.82) is 0 Å². The Hall–Kier alpha value is -2.00. The van der Waals surface area contributed by atoms with Crippen LogP contribution in [0.2, 0.25) is 0 Å². The van der Waals surface area contributed by atoms with Crippen molar-refractivity contribution in [3.05, 3.63) is 35.4 Å². The van der Waals surface area contributed by atoms with Crippen molar-refractivity contribution in [1.82, 2.24) is 4.90 Å². The smallest absolute Gasteiger partial charge is 0.338 e. The van der Waals surface area contributed by atoms with Gasteiger partial charge in [0.05, 0.1) is 25.1 Å². The van der Waals surface area contributed by atoms with Gasteiger partial charge in [-0.05, 0) is 24.5 Å². The molecule has 1 amide bonds. The summed E-state index contributed by atoms with van der Waals surface area (Å²) in [6, 6.07) is 7.27. The zero-order valence-corrected chi connectivity index (χ0v) is 17.9. The van der Waals surface area contributed by atoms with Crippen molar-refractivity contribution in [3.8, 4) is 0 Å². The van der Waals surface area contributed by atoms with Crippen molar-refractivity contribution in [2.24, 2.45) is 10.9 Å². The number of piperidine rings is 1. The molecule has 29 heavy (non-hydrogen) atoms. The van der Waals surface area contributed by atoms with Crippen LogP contribution in [-0.2, 0) is 24.8 Å². The predicted octanol–water partition coefficient (Wildman–Crippen LogP) is 2.59. The Morgan fingerprint density at radius 3 is 2.69 bits per heavy atom. The van der Waals surface area contributed by atoms with Crippen LogP contribution in [0, 0.1) is 5.92 Å². The zero-order valence-electron chi connectivity index (χ0n) is 16.3. The van der Waals surface area contributed by atoms with Crippen LogP contribution in [0.15, 0.2) is 29.3 Å². The molecule has 0 aliphatic carbocycles. The van der Waals surface area contributed by atoms with Crippen LogP contribution < -0.4 is 0 Å². The van der Waals surface area contributed by atoms with E-state index < -0.39 is 5.97 Å². The summed E-state index contributed by atoms with van der Waals surface area (Å²) in [6.07, 6.45) is 1.13. The van der Waals surface area contributed by atoms with E-state index in [1.54, 1.807) is 40.6 Å². The molecule has 0 saturated carbocycles. The minimum Gasteiger partial charge on any atom is -0.469 e. The number of carbonyl (C=O) groups excluding carboxylic acids is 3. The lowest BCUT2D eigenvalue weighted by molar-refractivity contribution is -0.149. The summed E-state index contributed by atoms with van der Waals surface area (Å²) in [5.74, 6) is 0.487. The molecule has 156 valence electrons. The summed E-state index contributed by atoms with van der Waals surface area (Å²) in [4.78, 5) is 42.5. The van der Waals surface area contributed by atoms with Crippen molar-refractivity contribution >= 4 is 45.7 Å². The van der Waals surface area contributed by atoms with Crippen LogP contribution in [0.3, 0.4) is 0 Å². The van der Waals surface area contributed by atoms with Gasteiger partial charge in [0.15, 0.2) is 6.61 Å². The second-order valence-corrected chi connectivity index (χ2v) is 9.00. The third-order valence-corrected chi connectivity index (χ3v) is 7.16. The molecular formula is C20H24N2O5S2. The maximum atomic E-state index is 12.5. The molecule has 7 nitrogen and oxygen atoms in total. The molecule has 1 aromatic carbocycles. The molecule has 0 spiro atoms. The number of thioether (sulfide) groups is 2. The molecule has 0 unspecified atom stereocenters. The normalized spacial score (nSPS) is 17.0. The van der Waals surface area contributed by atoms with Crippen LogP contribution in [0.4, 0.5) is 0 Å². The van der Waals surface area contributed by atoms with Crippen molar-refractivity contribution in [3.63, 3.8) is 0 Å². The van der Waals surface area contributed by atoms with Crippen LogP contribution >= 0.6 is 23.5 Å². The highest BCUT2D eigenvalue weighted by atomic mass is 32.2. The Bertz CT molecular complexity index is 791. The van der Waals surface area contributed by atoms with E-state index in [9.17, 15) is 14.4 Å². The van der Waals surface area contributed by atoms with Gasteiger partial charge in [0.2, 0.25) is 0 Å². The summed E-state index contributed by atoms with van der Waals surface area (Å²) in [5, 5.41) is 0. The Morgan fingerprint density at radius 2 is 2.00 bits per heavy atom. The van der Waals surface area contributed by atoms with E-state index in [1.807, 2.05) is 12.1 Å². The number of benzene rings is 1. The number of methoxy groups -OCH3 is 1. The van der Waals surface area contributed by atoms with Crippen LogP contribution in [0.5, 0.6) is 0 Å². The summed E-state index contributed by atoms with van der Waals surface area (Å²) in [6.45, 7) is 1.47. The third-order valence-electron chi connectivity index (χ3n) is 4.86. The molecule has 1 saturated heterocycles. The molecule has 0 bridgehead atoms. The zero-order chi connectivity index (χ0) is 20.6. The Kier molecular flexibility index (Phi) is 8.00. The van der Waals surface area contributed by atoms with E-state index in [4.69, 9.17) is 9.47 Å². The maximum absolute atomic E-state index is 12.5. The predicted molar refractivity (Wildman–Crippen MR) is 114 cm³/mol. The van der Waals surface area contributed by atoms with Crippen LogP contribution in [0.25, 0.3) is 0 Å². The first-order valence-electron chi connectivity index (χ1n) is 9.49. The molecule has 0 radical (unpaired) electrons. The van der Waals surface area contributed by atoms with E-state index in [1.165, 1.54) is 7.11 Å². The Morgan fingerprint density at radius 1 is 1.24 bits per heavy atom. The third kappa shape index (κ3) is 5.99. The van der Waals surface area contributed by atoms with E-state index in [0.717, 1.165) is 22.2 Å². The van der Waals surface area contributed by atoms with Gasteiger partial charge in [-0.2, -0.15) is 0 Å². The highest BCUT2D eigenvalue weighted by molar-refractivity contribution is 8.38. The van der Waals surface area contributed by atoms with Gasteiger partial charge >= 0.3 is 11.9 Å². The molecule has 1 fully saturated rings. The lowest BCUT2D eigenvalue weighted by Crippen LogP contribution is -2.42. The maximum Gasteiger partial charge on any atom is 0.338 e. The number of amides is 1. The van der Waals surface area contributed by atoms with E-state index in [2.05, 4.69) is 4.99 Å². The lowest BCUT2D eigenvalue weighted by atomic mass is 9.97. The number of hydrogen-bond acceptors (Lipinski definition) is 8. The van der Waals surface area contributed by atoms with E-state index in [-0.39, 0.29) is 24.4 Å². The quantitative estimate of drug-likeness (QED) is 0.634. The Balaban J connectivity index is 1.49. The molecule has 1 aromatic rings. The fourth-order valence-electron chi connectivity index (χ4n) is 3.22. The first kappa shape index (κ1) is 21.7. The van der Waals surface area contributed by atoms with Gasteiger partial charge in [-0.1, -0.05) is 41.7 Å². The first-order valence-corrected chi connectivity index (χ1v) is 11.5. The standard InChI is InChI=1S/C20H24N2O5S2/c1-26-18(24)14-6-9-22(10-7-14)17(23)12-27-19(25)16-5-3-2-4-15(16)13-29-20-21-8-11-28-20/h2-5,14H,6-13H2,1H3. The Labute approximate surface area is 178 Å². The van der Waals surface area contributed by atoms with Gasteiger partial charge < -0.3 is 14.4 Å². The molecule has 2 heterocycles. The largest absolute Gasteiger partial charge is 0.469 e. The molecule has 3 rings (SSSR count). The van der Waals surface area contributed by atoms with Crippen LogP contribution in [0.1, 0.15) is 28.8 Å². The average Bonchev–Trinajstić information content (AvgIpc) is 3.29. The number of esters is 2. The number of ether oxygens (including phenoxy) is 2. The highest BCUT2D eigenvalue weighted by Crippen LogP contribution is 2.26. The number of likely N-dealkylation sites (tertiary alicyclic amines) is 1. The number of nitrogens with zero attached hydrogens (tertiary/aromatic N) is 2. The number of carbonyl (C=O) groups is 3. The summed E-state index contributed by atoms with van der Waals surface area (Å²) >= 11 is 3.34. The molecule has 2 aliphatic rings. The fourth-order valence-corrected chi connectivity index (χ4v) is 5.23. The van der Waals surface area contributed by atoms with Gasteiger partial charge in [0.25, 0.3) is 5.91 Å². The average molecular weight is 437 g/mol. The van der Waals surface area contributed by atoms with Crippen molar-refractivity contribution in [2.45, 2.75) is 18.6 Å². The van der Waals surface area contributed by atoms with Gasteiger partial charge in [0, 0.05) is 24.6 Å². The summed E-state index contributed by atoms with van der Waals surface area (Å²) < 4.78 is 11.1. The molecular weight excluding hydrogens is 412 g/mol. The number of aliphatic imine (C=N–C) groups is 1. The van der Waals surface area contributed by atoms with E-state index >= 15 is 0 Å². The van der Waals surface area contributed by atoms with Gasteiger partial charge in [-0.15, -0.1) is 0 Å². The second-order valence-electron chi connectivity index (χ2n) is 6.70. The fraction of sp³-hybridized carbons (Fsp3) is 0.500. The molecule has 0 aromatic heterocycles. The van der Waals surface area contributed by atoms with Crippen molar-refractivity contribution < 1.29 is 23.9 Å². The topological polar surface area (TPSA) is 85.3 Å². The van der Waals surface area contributed by atoms with Crippen molar-refractivity contribution in [2.75, 3.05) is 39.1 Å². The second kappa shape index (κ2) is 10.7. The number of hydrogen-bond donors (Lipinski definition) is 0. The number of rotatable bonds is 6.